The smallest absolute Gasteiger partial charge is 0.186 e. The molecule has 3 aromatic rings. The standard InChI is InChI=1S/C16H10Br2N2O/c17-11-8-13(18)16(20-9-11)15(21)7-10-5-6-19-14-4-2-1-3-12(10)14/h1-6,8-9H,7H2. The Morgan fingerprint density at radius 2 is 1.90 bits per heavy atom. The third kappa shape index (κ3) is 3.04. The molecule has 3 rings (SSSR count). The Morgan fingerprint density at radius 1 is 1.10 bits per heavy atom. The van der Waals surface area contributed by atoms with Gasteiger partial charge in [0, 0.05) is 33.1 Å². The fourth-order valence-corrected chi connectivity index (χ4v) is 3.39. The normalized spacial score (nSPS) is 10.8. The molecule has 0 aliphatic heterocycles. The maximum Gasteiger partial charge on any atom is 0.186 e. The van der Waals surface area contributed by atoms with Crippen molar-refractivity contribution in [2.75, 3.05) is 0 Å². The molecule has 2 aromatic heterocycles. The molecule has 0 radical (unpaired) electrons. The largest absolute Gasteiger partial charge is 0.292 e. The van der Waals surface area contributed by atoms with Crippen molar-refractivity contribution in [1.29, 1.82) is 0 Å². The second kappa shape index (κ2) is 6.03. The van der Waals surface area contributed by atoms with Crippen LogP contribution in [0.25, 0.3) is 10.9 Å². The first kappa shape index (κ1) is 14.4. The summed E-state index contributed by atoms with van der Waals surface area (Å²) in [4.78, 5) is 21.0. The number of pyridine rings is 2. The minimum Gasteiger partial charge on any atom is -0.292 e. The fraction of sp³-hybridized carbons (Fsp3) is 0.0625. The summed E-state index contributed by atoms with van der Waals surface area (Å²) < 4.78 is 1.53. The first-order chi connectivity index (χ1) is 10.1. The molecule has 0 atom stereocenters. The highest BCUT2D eigenvalue weighted by Gasteiger charge is 2.14. The van der Waals surface area contributed by atoms with E-state index >= 15 is 0 Å². The lowest BCUT2D eigenvalue weighted by Crippen LogP contribution is -2.07. The molecule has 0 fully saturated rings. The number of rotatable bonds is 3. The van der Waals surface area contributed by atoms with E-state index < -0.39 is 0 Å². The number of carbonyl (C=O) groups excluding carboxylic acids is 1. The van der Waals surface area contributed by atoms with Crippen LogP contribution in [0.4, 0.5) is 0 Å². The molecular formula is C16H10Br2N2O. The maximum atomic E-state index is 12.5. The summed E-state index contributed by atoms with van der Waals surface area (Å²) in [5.74, 6) is -0.0225. The van der Waals surface area contributed by atoms with Crippen molar-refractivity contribution in [3.63, 3.8) is 0 Å². The Balaban J connectivity index is 1.97. The van der Waals surface area contributed by atoms with Gasteiger partial charge < -0.3 is 0 Å². The number of hydrogen-bond acceptors (Lipinski definition) is 3. The highest BCUT2D eigenvalue weighted by molar-refractivity contribution is 9.11. The molecule has 3 nitrogen and oxygen atoms in total. The van der Waals surface area contributed by atoms with E-state index in [-0.39, 0.29) is 5.78 Å². The summed E-state index contributed by atoms with van der Waals surface area (Å²) >= 11 is 6.72. The Hall–Kier alpha value is -1.59. The molecule has 1 aromatic carbocycles. The fourth-order valence-electron chi connectivity index (χ4n) is 2.19. The molecule has 0 amide bonds. The molecule has 0 saturated carbocycles. The number of aromatic nitrogens is 2. The molecule has 0 saturated heterocycles. The predicted molar refractivity (Wildman–Crippen MR) is 89.4 cm³/mol. The number of carbonyl (C=O) groups is 1. The molecule has 0 bridgehead atoms. The second-order valence-corrected chi connectivity index (χ2v) is 6.34. The van der Waals surface area contributed by atoms with Gasteiger partial charge in [-0.25, -0.2) is 0 Å². The Kier molecular flexibility index (Phi) is 4.12. The minimum atomic E-state index is -0.0225. The number of fused-ring (bicyclic) bond motifs is 1. The first-order valence-electron chi connectivity index (χ1n) is 6.32. The zero-order valence-corrected chi connectivity index (χ0v) is 14.1. The minimum absolute atomic E-state index is 0.0225. The molecule has 2 heterocycles. The van der Waals surface area contributed by atoms with Gasteiger partial charge in [-0.15, -0.1) is 0 Å². The lowest BCUT2D eigenvalue weighted by atomic mass is 10.0. The van der Waals surface area contributed by atoms with Crippen molar-refractivity contribution in [3.8, 4) is 0 Å². The Labute approximate surface area is 138 Å². The Morgan fingerprint density at radius 3 is 2.71 bits per heavy atom. The molecule has 0 aliphatic carbocycles. The quantitative estimate of drug-likeness (QED) is 0.599. The van der Waals surface area contributed by atoms with E-state index in [1.165, 1.54) is 0 Å². The third-order valence-electron chi connectivity index (χ3n) is 3.16. The van der Waals surface area contributed by atoms with Gasteiger partial charge in [0.25, 0.3) is 0 Å². The lowest BCUT2D eigenvalue weighted by molar-refractivity contribution is 0.0987. The van der Waals surface area contributed by atoms with Crippen LogP contribution in [0.5, 0.6) is 0 Å². The van der Waals surface area contributed by atoms with Gasteiger partial charge in [-0.05, 0) is 55.6 Å². The third-order valence-corrected chi connectivity index (χ3v) is 4.20. The summed E-state index contributed by atoms with van der Waals surface area (Å²) in [5, 5.41) is 1.00. The monoisotopic (exact) mass is 404 g/mol. The number of hydrogen-bond donors (Lipinski definition) is 0. The van der Waals surface area contributed by atoms with E-state index in [1.54, 1.807) is 12.4 Å². The van der Waals surface area contributed by atoms with Crippen molar-refractivity contribution < 1.29 is 4.79 Å². The average Bonchev–Trinajstić information content (AvgIpc) is 2.47. The van der Waals surface area contributed by atoms with Crippen LogP contribution < -0.4 is 0 Å². The van der Waals surface area contributed by atoms with Crippen LogP contribution in [-0.2, 0) is 6.42 Å². The van der Waals surface area contributed by atoms with Gasteiger partial charge in [0.2, 0.25) is 0 Å². The SMILES string of the molecule is O=C(Cc1ccnc2ccccc12)c1ncc(Br)cc1Br. The van der Waals surface area contributed by atoms with Gasteiger partial charge in [-0.3, -0.25) is 14.8 Å². The van der Waals surface area contributed by atoms with Gasteiger partial charge in [-0.2, -0.15) is 0 Å². The van der Waals surface area contributed by atoms with Crippen LogP contribution in [0.3, 0.4) is 0 Å². The summed E-state index contributed by atoms with van der Waals surface area (Å²) in [6.45, 7) is 0. The number of para-hydroxylation sites is 1. The van der Waals surface area contributed by atoms with Crippen LogP contribution in [0.2, 0.25) is 0 Å². The number of halogens is 2. The zero-order chi connectivity index (χ0) is 14.8. The summed E-state index contributed by atoms with van der Waals surface area (Å²) in [6, 6.07) is 11.5. The van der Waals surface area contributed by atoms with Crippen LogP contribution in [-0.4, -0.2) is 15.8 Å². The van der Waals surface area contributed by atoms with Crippen molar-refractivity contribution in [2.45, 2.75) is 6.42 Å². The van der Waals surface area contributed by atoms with Crippen molar-refractivity contribution in [1.82, 2.24) is 9.97 Å². The van der Waals surface area contributed by atoms with Gasteiger partial charge in [0.1, 0.15) is 5.69 Å². The van der Waals surface area contributed by atoms with E-state index in [4.69, 9.17) is 0 Å². The Bertz CT molecular complexity index is 828. The summed E-state index contributed by atoms with van der Waals surface area (Å²) in [7, 11) is 0. The predicted octanol–water partition coefficient (Wildman–Crippen LogP) is 4.58. The molecule has 21 heavy (non-hydrogen) atoms. The number of benzene rings is 1. The summed E-state index contributed by atoms with van der Waals surface area (Å²) in [5.41, 5.74) is 2.30. The van der Waals surface area contributed by atoms with Gasteiger partial charge in [0.15, 0.2) is 5.78 Å². The second-order valence-electron chi connectivity index (χ2n) is 4.57. The molecule has 0 N–H and O–H groups in total. The van der Waals surface area contributed by atoms with Crippen LogP contribution in [0, 0.1) is 0 Å². The molecule has 0 aliphatic rings. The molecule has 5 heteroatoms. The van der Waals surface area contributed by atoms with E-state index in [0.29, 0.717) is 16.6 Å². The average molecular weight is 406 g/mol. The van der Waals surface area contributed by atoms with Gasteiger partial charge in [0.05, 0.1) is 5.52 Å². The van der Waals surface area contributed by atoms with Crippen molar-refractivity contribution in [2.24, 2.45) is 0 Å². The van der Waals surface area contributed by atoms with E-state index in [1.807, 2.05) is 36.4 Å². The number of ketones is 1. The highest BCUT2D eigenvalue weighted by Crippen LogP contribution is 2.23. The van der Waals surface area contributed by atoms with Crippen LogP contribution in [0.1, 0.15) is 16.1 Å². The lowest BCUT2D eigenvalue weighted by Gasteiger charge is -2.06. The van der Waals surface area contributed by atoms with E-state index in [9.17, 15) is 4.79 Å². The zero-order valence-electron chi connectivity index (χ0n) is 10.9. The summed E-state index contributed by atoms with van der Waals surface area (Å²) in [6.07, 6.45) is 3.66. The molecule has 0 unspecified atom stereocenters. The first-order valence-corrected chi connectivity index (χ1v) is 7.90. The highest BCUT2D eigenvalue weighted by atomic mass is 79.9. The van der Waals surface area contributed by atoms with Crippen molar-refractivity contribution >= 4 is 48.5 Å². The number of Topliss-reactive ketones (excluding diaryl/α,β-unsaturated/α-hetero) is 1. The van der Waals surface area contributed by atoms with Gasteiger partial charge >= 0.3 is 0 Å². The molecular weight excluding hydrogens is 396 g/mol. The topological polar surface area (TPSA) is 42.9 Å². The van der Waals surface area contributed by atoms with Crippen molar-refractivity contribution in [3.05, 3.63) is 69.0 Å². The van der Waals surface area contributed by atoms with Crippen LogP contribution in [0.15, 0.2) is 57.7 Å². The van der Waals surface area contributed by atoms with E-state index in [0.717, 1.165) is 20.9 Å². The molecule has 0 spiro atoms. The van der Waals surface area contributed by atoms with Gasteiger partial charge in [-0.1, -0.05) is 18.2 Å². The van der Waals surface area contributed by atoms with E-state index in [2.05, 4.69) is 41.8 Å². The number of nitrogens with zero attached hydrogens (tertiary/aromatic N) is 2. The maximum absolute atomic E-state index is 12.5. The van der Waals surface area contributed by atoms with Crippen LogP contribution >= 0.6 is 31.9 Å². The molecule has 104 valence electrons.